The van der Waals surface area contributed by atoms with E-state index < -0.39 is 0 Å². The lowest BCUT2D eigenvalue weighted by Crippen LogP contribution is -2.39. The fourth-order valence-corrected chi connectivity index (χ4v) is 5.90. The van der Waals surface area contributed by atoms with Crippen LogP contribution >= 0.6 is 15.9 Å². The predicted molar refractivity (Wildman–Crippen MR) is 112 cm³/mol. The second-order valence-corrected chi connectivity index (χ2v) is 9.20. The molecule has 3 amide bonds. The molecule has 0 unspecified atom stereocenters. The molecule has 2 aromatic carbocycles. The van der Waals surface area contributed by atoms with Gasteiger partial charge in [0.05, 0.1) is 11.8 Å². The molecule has 2 saturated carbocycles. The first-order chi connectivity index (χ1) is 14.0. The zero-order valence-corrected chi connectivity index (χ0v) is 17.3. The fourth-order valence-electron chi connectivity index (χ4n) is 5.64. The number of carbonyl (C=O) groups excluding carboxylic acids is 3. The van der Waals surface area contributed by atoms with E-state index in [0.29, 0.717) is 11.6 Å². The molecule has 0 radical (unpaired) electrons. The number of hydrogen-bond donors (Lipinski definition) is 1. The molecule has 2 bridgehead atoms. The van der Waals surface area contributed by atoms with Gasteiger partial charge in [-0.05, 0) is 60.4 Å². The molecule has 1 N–H and O–H groups in total. The largest absolute Gasteiger partial charge is 0.325 e. The van der Waals surface area contributed by atoms with Gasteiger partial charge in [-0.15, -0.1) is 0 Å². The summed E-state index contributed by atoms with van der Waals surface area (Å²) in [5.41, 5.74) is 1.90. The number of fused-ring (bicyclic) bond motifs is 5. The molecule has 3 aliphatic rings. The highest BCUT2D eigenvalue weighted by atomic mass is 79.9. The highest BCUT2D eigenvalue weighted by Gasteiger charge is 2.63. The summed E-state index contributed by atoms with van der Waals surface area (Å²) in [4.78, 5) is 39.7. The second-order valence-electron chi connectivity index (χ2n) is 8.28. The quantitative estimate of drug-likeness (QED) is 0.717. The van der Waals surface area contributed by atoms with Crippen molar-refractivity contribution < 1.29 is 14.4 Å². The molecule has 0 aromatic heterocycles. The zero-order valence-electron chi connectivity index (χ0n) is 15.8. The van der Waals surface area contributed by atoms with Crippen molar-refractivity contribution in [2.24, 2.45) is 23.7 Å². The normalized spacial score (nSPS) is 30.0. The first-order valence-electron chi connectivity index (χ1n) is 9.98. The van der Waals surface area contributed by atoms with Gasteiger partial charge in [0, 0.05) is 10.2 Å². The summed E-state index contributed by atoms with van der Waals surface area (Å²) in [5, 5.41) is 2.77. The molecular weight excluding hydrogens is 432 g/mol. The highest BCUT2D eigenvalue weighted by Crippen LogP contribution is 2.61. The van der Waals surface area contributed by atoms with Gasteiger partial charge in [-0.3, -0.25) is 19.3 Å². The number of imide groups is 1. The van der Waals surface area contributed by atoms with Gasteiger partial charge < -0.3 is 5.32 Å². The van der Waals surface area contributed by atoms with Crippen LogP contribution in [0.25, 0.3) is 0 Å². The topological polar surface area (TPSA) is 66.5 Å². The van der Waals surface area contributed by atoms with Gasteiger partial charge in [0.2, 0.25) is 17.7 Å². The molecular formula is C23H21BrN2O3. The Morgan fingerprint density at radius 1 is 0.966 bits per heavy atom. The van der Waals surface area contributed by atoms with E-state index in [9.17, 15) is 14.4 Å². The van der Waals surface area contributed by atoms with Crippen LogP contribution in [-0.4, -0.2) is 29.2 Å². The molecule has 6 heteroatoms. The average Bonchev–Trinajstić information content (AvgIpc) is 3.38. The minimum atomic E-state index is -0.346. The van der Waals surface area contributed by atoms with E-state index in [1.54, 1.807) is 12.1 Å². The van der Waals surface area contributed by atoms with Crippen LogP contribution in [0, 0.1) is 23.7 Å². The average molecular weight is 453 g/mol. The standard InChI is InChI=1S/C23H21BrN2O3/c24-15-6-8-16(9-7-15)25-19(27)12-26-22(28)20-14-10-17(13-4-2-1-3-5-13)18(11-14)21(20)23(26)29/h1-9,14,17-18,20-21H,10-12H2,(H,25,27)/t14-,17-,18+,20-,21-/m1/s1. The molecule has 1 saturated heterocycles. The first-order valence-corrected chi connectivity index (χ1v) is 10.8. The van der Waals surface area contributed by atoms with Crippen molar-refractivity contribution in [3.63, 3.8) is 0 Å². The summed E-state index contributed by atoms with van der Waals surface area (Å²) in [6.07, 6.45) is 1.89. The molecule has 1 heterocycles. The molecule has 3 fully saturated rings. The maximum absolute atomic E-state index is 13.1. The lowest BCUT2D eigenvalue weighted by atomic mass is 9.73. The zero-order chi connectivity index (χ0) is 20.1. The van der Waals surface area contributed by atoms with E-state index in [1.807, 2.05) is 30.3 Å². The van der Waals surface area contributed by atoms with Crippen LogP contribution in [0.1, 0.15) is 24.3 Å². The third kappa shape index (κ3) is 3.10. The third-order valence-corrected chi connectivity index (χ3v) is 7.29. The van der Waals surface area contributed by atoms with E-state index in [2.05, 4.69) is 33.4 Å². The Morgan fingerprint density at radius 2 is 1.66 bits per heavy atom. The van der Waals surface area contributed by atoms with E-state index in [1.165, 1.54) is 10.5 Å². The molecule has 148 valence electrons. The van der Waals surface area contributed by atoms with E-state index >= 15 is 0 Å². The van der Waals surface area contributed by atoms with Crippen molar-refractivity contribution in [1.29, 1.82) is 0 Å². The van der Waals surface area contributed by atoms with E-state index in [-0.39, 0.29) is 47.9 Å². The molecule has 0 spiro atoms. The lowest BCUT2D eigenvalue weighted by Gasteiger charge is -2.28. The molecule has 1 aliphatic heterocycles. The van der Waals surface area contributed by atoms with Gasteiger partial charge in [0.25, 0.3) is 0 Å². The number of amides is 3. The van der Waals surface area contributed by atoms with Crippen molar-refractivity contribution in [2.75, 3.05) is 11.9 Å². The number of nitrogens with zero attached hydrogens (tertiary/aromatic N) is 1. The number of rotatable bonds is 4. The second kappa shape index (κ2) is 7.10. The minimum absolute atomic E-state index is 0.162. The van der Waals surface area contributed by atoms with Crippen LogP contribution in [0.3, 0.4) is 0 Å². The molecule has 5 rings (SSSR count). The van der Waals surface area contributed by atoms with Crippen LogP contribution in [0.2, 0.25) is 0 Å². The third-order valence-electron chi connectivity index (χ3n) is 6.76. The van der Waals surface area contributed by atoms with Crippen molar-refractivity contribution in [3.8, 4) is 0 Å². The van der Waals surface area contributed by atoms with Crippen LogP contribution in [-0.2, 0) is 14.4 Å². The molecule has 5 nitrogen and oxygen atoms in total. The number of nitrogens with one attached hydrogen (secondary N) is 1. The molecule has 2 aromatic rings. The number of anilines is 1. The molecule has 2 aliphatic carbocycles. The predicted octanol–water partition coefficient (Wildman–Crippen LogP) is 3.81. The van der Waals surface area contributed by atoms with Gasteiger partial charge in [0.1, 0.15) is 6.54 Å². The summed E-state index contributed by atoms with van der Waals surface area (Å²) in [7, 11) is 0. The number of halogens is 1. The van der Waals surface area contributed by atoms with Gasteiger partial charge in [-0.25, -0.2) is 0 Å². The van der Waals surface area contributed by atoms with Crippen LogP contribution in [0.4, 0.5) is 5.69 Å². The molecule has 5 atom stereocenters. The summed E-state index contributed by atoms with van der Waals surface area (Å²) < 4.78 is 0.914. The Balaban J connectivity index is 1.31. The van der Waals surface area contributed by atoms with Crippen molar-refractivity contribution in [1.82, 2.24) is 4.90 Å². The number of likely N-dealkylation sites (tertiary alicyclic amines) is 1. The SMILES string of the molecule is O=C(CN1C(=O)[C@@H]2[C@H]3C[C@H]([C@H]2C1=O)[C@@H](c1ccccc1)C3)Nc1ccc(Br)cc1. The van der Waals surface area contributed by atoms with E-state index in [4.69, 9.17) is 0 Å². The fraction of sp³-hybridized carbons (Fsp3) is 0.348. The summed E-state index contributed by atoms with van der Waals surface area (Å²) in [5.74, 6) is -0.421. The van der Waals surface area contributed by atoms with E-state index in [0.717, 1.165) is 17.3 Å². The van der Waals surface area contributed by atoms with Crippen LogP contribution in [0.5, 0.6) is 0 Å². The summed E-state index contributed by atoms with van der Waals surface area (Å²) >= 11 is 3.35. The monoisotopic (exact) mass is 452 g/mol. The number of carbonyl (C=O) groups is 3. The Labute approximate surface area is 177 Å². The number of benzene rings is 2. The highest BCUT2D eigenvalue weighted by molar-refractivity contribution is 9.10. The van der Waals surface area contributed by atoms with Crippen LogP contribution in [0.15, 0.2) is 59.1 Å². The maximum Gasteiger partial charge on any atom is 0.244 e. The van der Waals surface area contributed by atoms with Crippen LogP contribution < -0.4 is 5.32 Å². The van der Waals surface area contributed by atoms with Gasteiger partial charge in [0.15, 0.2) is 0 Å². The van der Waals surface area contributed by atoms with Gasteiger partial charge in [-0.2, -0.15) is 0 Å². The summed E-state index contributed by atoms with van der Waals surface area (Å²) in [6, 6.07) is 17.5. The maximum atomic E-state index is 13.1. The van der Waals surface area contributed by atoms with Crippen molar-refractivity contribution in [3.05, 3.63) is 64.6 Å². The van der Waals surface area contributed by atoms with Gasteiger partial charge >= 0.3 is 0 Å². The Bertz CT molecular complexity index is 975. The first kappa shape index (κ1) is 18.6. The smallest absolute Gasteiger partial charge is 0.244 e. The summed E-state index contributed by atoms with van der Waals surface area (Å²) in [6.45, 7) is -0.212. The minimum Gasteiger partial charge on any atom is -0.325 e. The van der Waals surface area contributed by atoms with Gasteiger partial charge in [-0.1, -0.05) is 46.3 Å². The Morgan fingerprint density at radius 3 is 2.38 bits per heavy atom. The molecule has 29 heavy (non-hydrogen) atoms. The van der Waals surface area contributed by atoms with Crippen molar-refractivity contribution >= 4 is 39.3 Å². The Kier molecular flexibility index (Phi) is 4.54. The van der Waals surface area contributed by atoms with Crippen molar-refractivity contribution in [2.45, 2.75) is 18.8 Å². The Hall–Kier alpha value is -2.47. The number of hydrogen-bond acceptors (Lipinski definition) is 3. The lowest BCUT2D eigenvalue weighted by molar-refractivity contribution is -0.143.